The number of carbonyl (C=O) groups is 1. The van der Waals surface area contributed by atoms with Gasteiger partial charge < -0.3 is 9.80 Å². The summed E-state index contributed by atoms with van der Waals surface area (Å²) in [5, 5.41) is 3.18. The van der Waals surface area contributed by atoms with E-state index in [0.717, 1.165) is 92.7 Å². The number of carbonyl (C=O) groups excluding carboxylic acids is 1. The minimum absolute atomic E-state index is 0.0694. The van der Waals surface area contributed by atoms with Gasteiger partial charge in [0.05, 0.1) is 0 Å². The molecule has 12 heteroatoms. The number of sulfonamides is 1. The number of hydrogen-bond donors (Lipinski definition) is 2. The number of piperazine rings is 1. The van der Waals surface area contributed by atoms with Crippen LogP contribution in [-0.4, -0.2) is 58.5 Å². The van der Waals surface area contributed by atoms with Gasteiger partial charge in [0.25, 0.3) is 21.6 Å². The van der Waals surface area contributed by atoms with Crippen LogP contribution in [0.5, 0.6) is 0 Å². The van der Waals surface area contributed by atoms with E-state index in [9.17, 15) is 18.1 Å². The highest BCUT2D eigenvalue weighted by Crippen LogP contribution is 2.37. The topological polar surface area (TPSA) is 104 Å². The normalized spacial score (nSPS) is 16.0. The van der Waals surface area contributed by atoms with Crippen LogP contribution in [0.1, 0.15) is 35.2 Å². The number of anilines is 2. The van der Waals surface area contributed by atoms with Crippen LogP contribution < -0.4 is 19.7 Å². The quantitative estimate of drug-likeness (QED) is 0.260. The molecule has 0 aliphatic carbocycles. The van der Waals surface area contributed by atoms with Gasteiger partial charge in [-0.3, -0.25) is 9.69 Å². The van der Waals surface area contributed by atoms with Gasteiger partial charge in [0, 0.05) is 78.2 Å². The summed E-state index contributed by atoms with van der Waals surface area (Å²) in [5.41, 5.74) is 5.05. The molecule has 0 spiro atoms. The fraction of sp³-hybridized carbons (Fsp3) is 0.303. The maximum atomic E-state index is 13.1. The number of benzene rings is 3. The monoisotopic (exact) mass is 664 g/mol. The summed E-state index contributed by atoms with van der Waals surface area (Å²) in [5.74, 6) is -0.713. The lowest BCUT2D eigenvalue weighted by atomic mass is 9.99. The van der Waals surface area contributed by atoms with Crippen molar-refractivity contribution < 1.29 is 18.4 Å². The predicted octanol–water partition coefficient (Wildman–Crippen LogP) is 4.98. The Bertz CT molecular complexity index is 1760. The zero-order valence-corrected chi connectivity index (χ0v) is 27.1. The summed E-state index contributed by atoms with van der Waals surface area (Å²) < 4.78 is 28.3. The molecule has 2 saturated heterocycles. The van der Waals surface area contributed by atoms with Crippen molar-refractivity contribution in [1.82, 2.24) is 9.62 Å². The highest BCUT2D eigenvalue weighted by molar-refractivity contribution is 7.92. The Kier molecular flexibility index (Phi) is 9.50. The second-order valence-electron chi connectivity index (χ2n) is 11.3. The molecule has 0 atom stereocenters. The van der Waals surface area contributed by atoms with Crippen LogP contribution >= 0.6 is 22.9 Å². The molecule has 0 unspecified atom stereocenters. The first-order valence-electron chi connectivity index (χ1n) is 15.1. The Labute approximate surface area is 272 Å². The summed E-state index contributed by atoms with van der Waals surface area (Å²) in [4.78, 5) is 31.2. The van der Waals surface area contributed by atoms with Crippen LogP contribution in [0.25, 0.3) is 11.1 Å². The molecule has 9 nitrogen and oxygen atoms in total. The van der Waals surface area contributed by atoms with E-state index in [-0.39, 0.29) is 15.5 Å². The SMILES string of the molecule is O=[NH+]c1cc(S(=O)(=O)NC(=O)c2ccc(N3CCN(Cc4ccccc4-c4ccc(Cl)cc4)CC3)cc2)sc1N1CCCCC1. The standard InChI is InChI=1S/C33H34ClN5O4S2/c34-27-12-8-24(9-13-27)29-7-3-2-6-26(29)23-37-18-20-38(21-19-37)28-14-10-25(11-15-28)32(40)36-45(42,43)31-22-30(35-41)33(44-31)39-16-4-1-5-17-39/h2-3,6-15,22H,1,4-5,16-21,23H2,(H,36,40)/p+1. The molecular formula is C33H35ClN5O4S2+. The minimum Gasteiger partial charge on any atom is -0.369 e. The number of nitroso groups, excluding NO2 is 1. The van der Waals surface area contributed by atoms with Crippen LogP contribution in [0, 0.1) is 4.91 Å². The average molecular weight is 665 g/mol. The molecule has 0 radical (unpaired) electrons. The van der Waals surface area contributed by atoms with Gasteiger partial charge in [-0.1, -0.05) is 59.3 Å². The Morgan fingerprint density at radius 3 is 2.22 bits per heavy atom. The Hall–Kier alpha value is -3.77. The third kappa shape index (κ3) is 7.22. The number of thiophene rings is 1. The van der Waals surface area contributed by atoms with Crippen LogP contribution in [-0.2, 0) is 16.6 Å². The first-order chi connectivity index (χ1) is 21.8. The average Bonchev–Trinajstić information content (AvgIpc) is 3.52. The first kappa shape index (κ1) is 31.2. The van der Waals surface area contributed by atoms with Gasteiger partial charge in [-0.25, -0.2) is 13.1 Å². The van der Waals surface area contributed by atoms with Crippen molar-refractivity contribution in [2.24, 2.45) is 0 Å². The van der Waals surface area contributed by atoms with Crippen molar-refractivity contribution in [3.8, 4) is 11.1 Å². The lowest BCUT2D eigenvalue weighted by Crippen LogP contribution is -2.56. The van der Waals surface area contributed by atoms with Crippen LogP contribution in [0.4, 0.5) is 16.4 Å². The third-order valence-corrected chi connectivity index (χ3v) is 11.6. The summed E-state index contributed by atoms with van der Waals surface area (Å²) in [6.07, 6.45) is 3.08. The van der Waals surface area contributed by atoms with Crippen molar-refractivity contribution in [3.63, 3.8) is 0 Å². The molecule has 2 aliphatic heterocycles. The first-order valence-corrected chi connectivity index (χ1v) is 17.7. The van der Waals surface area contributed by atoms with Gasteiger partial charge in [0.15, 0.2) is 5.00 Å². The van der Waals surface area contributed by atoms with Gasteiger partial charge >= 0.3 is 0 Å². The van der Waals surface area contributed by atoms with Gasteiger partial charge in [-0.15, -0.1) is 0 Å². The molecular weight excluding hydrogens is 630 g/mol. The molecule has 2 aliphatic rings. The molecule has 2 fully saturated rings. The molecule has 234 valence electrons. The van der Waals surface area contributed by atoms with E-state index >= 15 is 0 Å². The van der Waals surface area contributed by atoms with Crippen LogP contribution in [0.15, 0.2) is 83.1 Å². The Morgan fingerprint density at radius 1 is 0.844 bits per heavy atom. The molecule has 4 aromatic rings. The number of hydrogen-bond acceptors (Lipinski definition) is 8. The fourth-order valence-electron chi connectivity index (χ4n) is 5.93. The number of rotatable bonds is 9. The number of amides is 1. The maximum absolute atomic E-state index is 13.1. The van der Waals surface area contributed by atoms with Crippen molar-refractivity contribution >= 4 is 55.2 Å². The van der Waals surface area contributed by atoms with E-state index in [1.54, 1.807) is 12.1 Å². The molecule has 3 heterocycles. The number of nitrogens with one attached hydrogen (secondary N) is 2. The summed E-state index contributed by atoms with van der Waals surface area (Å²) in [6, 6.07) is 24.7. The lowest BCUT2D eigenvalue weighted by molar-refractivity contribution is -0.378. The van der Waals surface area contributed by atoms with E-state index < -0.39 is 15.9 Å². The second-order valence-corrected chi connectivity index (χ2v) is 14.7. The molecule has 45 heavy (non-hydrogen) atoms. The van der Waals surface area contributed by atoms with Gasteiger partial charge in [-0.2, -0.15) is 0 Å². The van der Waals surface area contributed by atoms with Gasteiger partial charge in [0.1, 0.15) is 4.21 Å². The van der Waals surface area contributed by atoms with E-state index in [1.807, 2.05) is 34.3 Å². The molecule has 3 aromatic carbocycles. The van der Waals surface area contributed by atoms with E-state index in [1.165, 1.54) is 17.2 Å². The second kappa shape index (κ2) is 13.7. The predicted molar refractivity (Wildman–Crippen MR) is 180 cm³/mol. The van der Waals surface area contributed by atoms with Crippen molar-refractivity contribution in [3.05, 3.63) is 99.9 Å². The fourth-order valence-corrected chi connectivity index (χ4v) is 8.48. The molecule has 2 N–H and O–H groups in total. The summed E-state index contributed by atoms with van der Waals surface area (Å²) in [7, 11) is -4.15. The van der Waals surface area contributed by atoms with Crippen molar-refractivity contribution in [1.29, 1.82) is 0 Å². The maximum Gasteiger partial charge on any atom is 0.289 e. The van der Waals surface area contributed by atoms with Crippen LogP contribution in [0.2, 0.25) is 5.02 Å². The smallest absolute Gasteiger partial charge is 0.289 e. The summed E-state index contributed by atoms with van der Waals surface area (Å²) in [6.45, 7) is 5.80. The van der Waals surface area contributed by atoms with Gasteiger partial charge in [-0.05, 0) is 72.4 Å². The molecule has 0 saturated carbocycles. The summed E-state index contributed by atoms with van der Waals surface area (Å²) >= 11 is 7.10. The largest absolute Gasteiger partial charge is 0.369 e. The highest BCUT2D eigenvalue weighted by atomic mass is 35.5. The van der Waals surface area contributed by atoms with Crippen LogP contribution in [0.3, 0.4) is 0 Å². The van der Waals surface area contributed by atoms with E-state index in [0.29, 0.717) is 5.00 Å². The van der Waals surface area contributed by atoms with Gasteiger partial charge in [0.2, 0.25) is 0 Å². The molecule has 1 amide bonds. The van der Waals surface area contributed by atoms with E-state index in [4.69, 9.17) is 11.6 Å². The molecule has 1 aromatic heterocycles. The number of nitrogens with zero attached hydrogens (tertiary/aromatic N) is 3. The lowest BCUT2D eigenvalue weighted by Gasteiger charge is -2.36. The number of piperidine rings is 1. The van der Waals surface area contributed by atoms with E-state index in [2.05, 4.69) is 50.9 Å². The Balaban J connectivity index is 1.06. The van der Waals surface area contributed by atoms with Crippen molar-refractivity contribution in [2.75, 3.05) is 49.1 Å². The molecule has 0 bridgehead atoms. The minimum atomic E-state index is -4.15. The molecule has 6 rings (SSSR count). The number of halogens is 1. The zero-order chi connectivity index (χ0) is 31.4. The van der Waals surface area contributed by atoms with Crippen molar-refractivity contribution in [2.45, 2.75) is 30.0 Å². The zero-order valence-electron chi connectivity index (χ0n) is 24.7. The highest BCUT2D eigenvalue weighted by Gasteiger charge is 2.29. The third-order valence-electron chi connectivity index (χ3n) is 8.37. The Morgan fingerprint density at radius 2 is 1.53 bits per heavy atom.